The lowest BCUT2D eigenvalue weighted by Gasteiger charge is -2.43. The Balaban J connectivity index is 0.000000196. The molecule has 0 bridgehead atoms. The molecule has 2 N–H and O–H groups in total. The summed E-state index contributed by atoms with van der Waals surface area (Å²) in [6.07, 6.45) is 0. The predicted octanol–water partition coefficient (Wildman–Crippen LogP) is 4.88. The van der Waals surface area contributed by atoms with Crippen molar-refractivity contribution in [1.82, 2.24) is 19.6 Å². The molecule has 4 amide bonds. The van der Waals surface area contributed by atoms with Crippen LogP contribution in [0.4, 0.5) is 29.7 Å². The van der Waals surface area contributed by atoms with Gasteiger partial charge in [0.05, 0.1) is 85.0 Å². The Bertz CT molecular complexity index is 2140. The first-order valence-electron chi connectivity index (χ1n) is 21.9. The third kappa shape index (κ3) is 11.4. The summed E-state index contributed by atoms with van der Waals surface area (Å²) in [6.45, 7) is 8.31. The van der Waals surface area contributed by atoms with E-state index in [9.17, 15) is 28.0 Å². The number of nitrogens with two attached hydrogens (primary N) is 1. The molecule has 66 heavy (non-hydrogen) atoms. The van der Waals surface area contributed by atoms with Crippen molar-refractivity contribution in [2.45, 2.75) is 25.2 Å². The van der Waals surface area contributed by atoms with Crippen LogP contribution >= 0.6 is 0 Å². The highest BCUT2D eigenvalue weighted by atomic mass is 19.1. The van der Waals surface area contributed by atoms with E-state index in [-0.39, 0.29) is 48.6 Å². The number of anilines is 2. The molecule has 0 atom stereocenters. The van der Waals surface area contributed by atoms with E-state index in [4.69, 9.17) is 24.7 Å². The van der Waals surface area contributed by atoms with Crippen molar-refractivity contribution >= 4 is 35.2 Å². The molecule has 4 aromatic rings. The van der Waals surface area contributed by atoms with E-state index in [1.807, 2.05) is 0 Å². The smallest absolute Gasteiger partial charge is 0.337 e. The van der Waals surface area contributed by atoms with Gasteiger partial charge in [-0.3, -0.25) is 24.4 Å². The Morgan fingerprint density at radius 3 is 1.32 bits per heavy atom. The molecule has 0 spiro atoms. The molecule has 4 heterocycles. The third-order valence-electron chi connectivity index (χ3n) is 12.4. The van der Waals surface area contributed by atoms with Crippen molar-refractivity contribution in [3.63, 3.8) is 0 Å². The maximum atomic E-state index is 14.8. The number of rotatable bonds is 13. The fourth-order valence-corrected chi connectivity index (χ4v) is 8.06. The number of ketones is 1. The lowest BCUT2D eigenvalue weighted by atomic mass is 10.1. The molecule has 0 saturated carbocycles. The number of hydrogen-bond acceptors (Lipinski definition) is 12. The van der Waals surface area contributed by atoms with Crippen LogP contribution in [0.25, 0.3) is 0 Å². The van der Waals surface area contributed by atoms with Crippen LogP contribution < -0.4 is 25.0 Å². The maximum Gasteiger partial charge on any atom is 0.337 e. The average molecular weight is 914 g/mol. The summed E-state index contributed by atoms with van der Waals surface area (Å²) < 4.78 is 55.4. The SMILES string of the molecule is COC(=O)c1ccc(CN(C(=O)N2CCN(C3COC3)CC2)c2ccc(OC)cc2)c(F)c1.COc1ccc(N(Cc2ccc(C(=O)CN)cc2F)C(=O)N2CCN(C3COC3)CC2)cc1. The van der Waals surface area contributed by atoms with Crippen LogP contribution in [0.2, 0.25) is 0 Å². The molecule has 4 aromatic carbocycles. The summed E-state index contributed by atoms with van der Waals surface area (Å²) in [6, 6.07) is 23.1. The van der Waals surface area contributed by atoms with Gasteiger partial charge in [-0.05, 0) is 66.7 Å². The molecule has 4 aliphatic heterocycles. The molecular weight excluding hydrogens is 857 g/mol. The van der Waals surface area contributed by atoms with Crippen LogP contribution in [0.15, 0.2) is 84.9 Å². The Morgan fingerprint density at radius 1 is 0.591 bits per heavy atom. The quantitative estimate of drug-likeness (QED) is 0.143. The summed E-state index contributed by atoms with van der Waals surface area (Å²) in [4.78, 5) is 62.0. The van der Waals surface area contributed by atoms with Crippen LogP contribution in [-0.4, -0.2) is 162 Å². The normalized spacial score (nSPS) is 16.8. The largest absolute Gasteiger partial charge is 0.497 e. The molecule has 16 nitrogen and oxygen atoms in total. The van der Waals surface area contributed by atoms with Crippen molar-refractivity contribution in [2.75, 3.05) is 116 Å². The Morgan fingerprint density at radius 2 is 0.985 bits per heavy atom. The van der Waals surface area contributed by atoms with Crippen LogP contribution in [0, 0.1) is 11.6 Å². The fourth-order valence-electron chi connectivity index (χ4n) is 8.06. The average Bonchev–Trinajstić information content (AvgIpc) is 3.32. The minimum absolute atomic E-state index is 0.0229. The number of hydrogen-bond donors (Lipinski definition) is 1. The number of piperazine rings is 2. The maximum absolute atomic E-state index is 14.8. The summed E-state index contributed by atoms with van der Waals surface area (Å²) in [5.41, 5.74) is 7.62. The van der Waals surface area contributed by atoms with Crippen molar-refractivity contribution in [2.24, 2.45) is 5.73 Å². The molecule has 4 aliphatic rings. The van der Waals surface area contributed by atoms with Gasteiger partial charge in [0.15, 0.2) is 5.78 Å². The molecule has 0 aromatic heterocycles. The number of carbonyl (C=O) groups excluding carboxylic acids is 4. The lowest BCUT2D eigenvalue weighted by molar-refractivity contribution is -0.0738. The van der Waals surface area contributed by atoms with Crippen LogP contribution in [0.3, 0.4) is 0 Å². The highest BCUT2D eigenvalue weighted by Gasteiger charge is 2.34. The van der Waals surface area contributed by atoms with Crippen molar-refractivity contribution in [3.05, 3.63) is 119 Å². The molecule has 0 radical (unpaired) electrons. The van der Waals surface area contributed by atoms with E-state index in [0.29, 0.717) is 72.3 Å². The fraction of sp³-hybridized carbons (Fsp3) is 0.417. The number of urea groups is 2. The molecule has 18 heteroatoms. The standard InChI is InChI=1S/C24H29FN4O4.C24H28FN3O5/c1-32-21-6-4-19(5-7-21)29(14-18-3-2-17(12-22(18)25)23(30)13-26)24(31)28-10-8-27(9-11-28)20-15-33-16-20;1-31-21-7-5-19(6-8-21)28(14-18-4-3-17(13-22(18)25)23(29)32-2)24(30)27-11-9-26(10-12-27)20-15-33-16-20/h2-7,12,20H,8-11,13-16,26H2,1H3;3-8,13,20H,9-12,14-16H2,1-2H3. The number of benzene rings is 4. The number of esters is 1. The number of halogens is 2. The minimum Gasteiger partial charge on any atom is -0.497 e. The Kier molecular flexibility index (Phi) is 16.2. The monoisotopic (exact) mass is 913 g/mol. The van der Waals surface area contributed by atoms with Crippen LogP contribution in [0.1, 0.15) is 31.8 Å². The van der Waals surface area contributed by atoms with Gasteiger partial charge in [0.2, 0.25) is 0 Å². The number of ether oxygens (including phenoxy) is 5. The van der Waals surface area contributed by atoms with E-state index in [1.54, 1.807) is 88.4 Å². The zero-order valence-corrected chi connectivity index (χ0v) is 37.5. The lowest BCUT2D eigenvalue weighted by Crippen LogP contribution is -2.59. The molecule has 8 rings (SSSR count). The van der Waals surface area contributed by atoms with Gasteiger partial charge in [0.25, 0.3) is 0 Å². The third-order valence-corrected chi connectivity index (χ3v) is 12.4. The van der Waals surface area contributed by atoms with Gasteiger partial charge in [-0.1, -0.05) is 18.2 Å². The molecule has 4 fully saturated rings. The second-order valence-electron chi connectivity index (χ2n) is 16.3. The molecular formula is C48H57F2N7O9. The summed E-state index contributed by atoms with van der Waals surface area (Å²) in [5, 5.41) is 0. The van der Waals surface area contributed by atoms with Gasteiger partial charge in [-0.2, -0.15) is 0 Å². The van der Waals surface area contributed by atoms with E-state index in [2.05, 4.69) is 14.5 Å². The van der Waals surface area contributed by atoms with Gasteiger partial charge in [-0.25, -0.2) is 23.2 Å². The van der Waals surface area contributed by atoms with Gasteiger partial charge >= 0.3 is 18.0 Å². The number of amides is 4. The van der Waals surface area contributed by atoms with Crippen molar-refractivity contribution < 1.29 is 51.6 Å². The number of nitrogens with zero attached hydrogens (tertiary/aromatic N) is 6. The van der Waals surface area contributed by atoms with E-state index < -0.39 is 17.6 Å². The zero-order chi connectivity index (χ0) is 46.7. The second kappa shape index (κ2) is 22.3. The van der Waals surface area contributed by atoms with Gasteiger partial charge < -0.3 is 39.2 Å². The number of methoxy groups -OCH3 is 3. The molecule has 0 aliphatic carbocycles. The topological polar surface area (TPSA) is 160 Å². The van der Waals surface area contributed by atoms with Gasteiger partial charge in [-0.15, -0.1) is 0 Å². The summed E-state index contributed by atoms with van der Waals surface area (Å²) in [5.74, 6) is -0.736. The number of Topliss-reactive ketones (excluding diaryl/α,β-unsaturated/α-hetero) is 1. The van der Waals surface area contributed by atoms with Gasteiger partial charge in [0, 0.05) is 80.4 Å². The highest BCUT2D eigenvalue weighted by molar-refractivity contribution is 5.97. The van der Waals surface area contributed by atoms with E-state index >= 15 is 0 Å². The molecule has 4 saturated heterocycles. The van der Waals surface area contributed by atoms with Crippen LogP contribution in [-0.2, 0) is 27.3 Å². The van der Waals surface area contributed by atoms with E-state index in [0.717, 1.165) is 58.7 Å². The Labute approximate surface area is 383 Å². The molecule has 352 valence electrons. The van der Waals surface area contributed by atoms with Crippen LogP contribution in [0.5, 0.6) is 11.5 Å². The van der Waals surface area contributed by atoms with Crippen molar-refractivity contribution in [1.29, 1.82) is 0 Å². The second-order valence-corrected chi connectivity index (χ2v) is 16.3. The van der Waals surface area contributed by atoms with E-state index in [1.165, 1.54) is 31.4 Å². The first-order valence-corrected chi connectivity index (χ1v) is 21.9. The Hall–Kier alpha value is -6.18. The first kappa shape index (κ1) is 47.8. The highest BCUT2D eigenvalue weighted by Crippen LogP contribution is 2.27. The predicted molar refractivity (Wildman–Crippen MR) is 242 cm³/mol. The summed E-state index contributed by atoms with van der Waals surface area (Å²) in [7, 11) is 4.39. The first-order chi connectivity index (χ1) is 32.0. The van der Waals surface area contributed by atoms with Crippen molar-refractivity contribution in [3.8, 4) is 11.5 Å². The number of carbonyl (C=O) groups is 4. The molecule has 0 unspecified atom stereocenters. The zero-order valence-electron chi connectivity index (χ0n) is 37.5. The van der Waals surface area contributed by atoms with Gasteiger partial charge in [0.1, 0.15) is 23.1 Å². The minimum atomic E-state index is -0.613. The summed E-state index contributed by atoms with van der Waals surface area (Å²) >= 11 is 0.